The number of carbonyl (C=O) groups is 2. The zero-order chi connectivity index (χ0) is 15.4. The van der Waals surface area contributed by atoms with Crippen molar-refractivity contribution in [2.45, 2.75) is 59.3 Å². The van der Waals surface area contributed by atoms with Crippen molar-refractivity contribution in [2.75, 3.05) is 13.2 Å². The minimum absolute atomic E-state index is 0.0246. The van der Waals surface area contributed by atoms with Crippen molar-refractivity contribution < 1.29 is 19.1 Å². The molecule has 4 nitrogen and oxygen atoms in total. The highest BCUT2D eigenvalue weighted by molar-refractivity contribution is 6.00. The van der Waals surface area contributed by atoms with Crippen LogP contribution in [0.3, 0.4) is 0 Å². The van der Waals surface area contributed by atoms with Gasteiger partial charge in [-0.3, -0.25) is 9.59 Å². The lowest BCUT2D eigenvalue weighted by atomic mass is 9.79. The molecule has 114 valence electrons. The van der Waals surface area contributed by atoms with Gasteiger partial charge in [-0.15, -0.1) is 12.3 Å². The summed E-state index contributed by atoms with van der Waals surface area (Å²) in [6.45, 7) is 5.96. The van der Waals surface area contributed by atoms with Gasteiger partial charge in [0, 0.05) is 6.42 Å². The average molecular weight is 282 g/mol. The standard InChI is InChI=1S/C16H26O4/c1-5-9-10-11-13-16(12-6-2,14(17)19-7-3)15(18)20-8-4/h2H,5,7-13H2,1,3-4H3. The van der Waals surface area contributed by atoms with Crippen LogP contribution >= 0.6 is 0 Å². The van der Waals surface area contributed by atoms with Crippen LogP contribution in [0, 0.1) is 17.8 Å². The van der Waals surface area contributed by atoms with Crippen molar-refractivity contribution in [3.05, 3.63) is 0 Å². The van der Waals surface area contributed by atoms with Gasteiger partial charge in [0.05, 0.1) is 13.2 Å². The number of unbranched alkanes of at least 4 members (excludes halogenated alkanes) is 3. The number of esters is 2. The highest BCUT2D eigenvalue weighted by Gasteiger charge is 2.47. The Balaban J connectivity index is 5.06. The van der Waals surface area contributed by atoms with Crippen LogP contribution in [0.25, 0.3) is 0 Å². The van der Waals surface area contributed by atoms with Crippen molar-refractivity contribution in [3.8, 4) is 12.3 Å². The van der Waals surface area contributed by atoms with E-state index in [0.29, 0.717) is 6.42 Å². The first-order valence-corrected chi connectivity index (χ1v) is 7.36. The lowest BCUT2D eigenvalue weighted by Gasteiger charge is -2.27. The first-order valence-electron chi connectivity index (χ1n) is 7.36. The van der Waals surface area contributed by atoms with Crippen LogP contribution in [0.15, 0.2) is 0 Å². The molecular formula is C16H26O4. The summed E-state index contributed by atoms with van der Waals surface area (Å²) in [6, 6.07) is 0. The molecule has 0 aromatic rings. The fraction of sp³-hybridized carbons (Fsp3) is 0.750. The van der Waals surface area contributed by atoms with Crippen LogP contribution in [0.4, 0.5) is 0 Å². The Morgan fingerprint density at radius 3 is 1.95 bits per heavy atom. The van der Waals surface area contributed by atoms with E-state index in [4.69, 9.17) is 15.9 Å². The zero-order valence-electron chi connectivity index (χ0n) is 12.9. The second kappa shape index (κ2) is 10.3. The molecule has 0 fully saturated rings. The topological polar surface area (TPSA) is 52.6 Å². The molecule has 20 heavy (non-hydrogen) atoms. The van der Waals surface area contributed by atoms with Gasteiger partial charge in [0.2, 0.25) is 0 Å². The molecule has 0 aliphatic rings. The second-order valence-electron chi connectivity index (χ2n) is 4.71. The van der Waals surface area contributed by atoms with Crippen LogP contribution in [0.2, 0.25) is 0 Å². The van der Waals surface area contributed by atoms with E-state index >= 15 is 0 Å². The molecule has 0 spiro atoms. The Hall–Kier alpha value is -1.50. The van der Waals surface area contributed by atoms with Crippen LogP contribution in [-0.2, 0) is 19.1 Å². The predicted molar refractivity (Wildman–Crippen MR) is 77.9 cm³/mol. The molecule has 0 N–H and O–H groups in total. The summed E-state index contributed by atoms with van der Waals surface area (Å²) in [5.74, 6) is 1.30. The third kappa shape index (κ3) is 5.24. The molecule has 0 unspecified atom stereocenters. The Bertz CT molecular complexity index is 323. The average Bonchev–Trinajstić information content (AvgIpc) is 2.42. The van der Waals surface area contributed by atoms with Crippen molar-refractivity contribution in [3.63, 3.8) is 0 Å². The van der Waals surface area contributed by atoms with Crippen LogP contribution in [0.1, 0.15) is 59.3 Å². The van der Waals surface area contributed by atoms with E-state index in [9.17, 15) is 9.59 Å². The van der Waals surface area contributed by atoms with Crippen LogP contribution in [-0.4, -0.2) is 25.2 Å². The molecule has 0 atom stereocenters. The van der Waals surface area contributed by atoms with Crippen LogP contribution in [0.5, 0.6) is 0 Å². The minimum Gasteiger partial charge on any atom is -0.465 e. The lowest BCUT2D eigenvalue weighted by Crippen LogP contribution is -2.42. The van der Waals surface area contributed by atoms with Gasteiger partial charge in [-0.25, -0.2) is 0 Å². The number of ether oxygens (including phenoxy) is 2. The molecule has 0 aliphatic heterocycles. The number of terminal acetylenes is 1. The van der Waals surface area contributed by atoms with Crippen molar-refractivity contribution in [1.29, 1.82) is 0 Å². The number of carbonyl (C=O) groups excluding carboxylic acids is 2. The van der Waals surface area contributed by atoms with E-state index in [1.165, 1.54) is 0 Å². The molecule has 0 radical (unpaired) electrons. The third-order valence-electron chi connectivity index (χ3n) is 3.19. The van der Waals surface area contributed by atoms with Gasteiger partial charge in [-0.05, 0) is 20.3 Å². The number of hydrogen-bond acceptors (Lipinski definition) is 4. The molecule has 0 saturated carbocycles. The fourth-order valence-corrected chi connectivity index (χ4v) is 2.09. The Kier molecular flexibility index (Phi) is 9.53. The summed E-state index contributed by atoms with van der Waals surface area (Å²) in [5.41, 5.74) is -1.34. The maximum Gasteiger partial charge on any atom is 0.324 e. The smallest absolute Gasteiger partial charge is 0.324 e. The second-order valence-corrected chi connectivity index (χ2v) is 4.71. The lowest BCUT2D eigenvalue weighted by molar-refractivity contribution is -0.172. The predicted octanol–water partition coefficient (Wildman–Crippen LogP) is 3.09. The summed E-state index contributed by atoms with van der Waals surface area (Å²) in [7, 11) is 0. The SMILES string of the molecule is C#CCC(CCCCCC)(C(=O)OCC)C(=O)OCC. The van der Waals surface area contributed by atoms with Gasteiger partial charge < -0.3 is 9.47 Å². The summed E-state index contributed by atoms with van der Waals surface area (Å²) >= 11 is 0. The fourth-order valence-electron chi connectivity index (χ4n) is 2.09. The maximum absolute atomic E-state index is 12.2. The minimum atomic E-state index is -1.34. The van der Waals surface area contributed by atoms with Gasteiger partial charge in [0.25, 0.3) is 0 Å². The van der Waals surface area contributed by atoms with Gasteiger partial charge >= 0.3 is 11.9 Å². The van der Waals surface area contributed by atoms with Gasteiger partial charge in [-0.2, -0.15) is 0 Å². The van der Waals surface area contributed by atoms with Gasteiger partial charge in [-0.1, -0.05) is 32.6 Å². The molecule has 0 bridgehead atoms. The monoisotopic (exact) mass is 282 g/mol. The van der Waals surface area contributed by atoms with E-state index in [-0.39, 0.29) is 19.6 Å². The molecule has 0 aromatic carbocycles. The van der Waals surface area contributed by atoms with E-state index < -0.39 is 17.4 Å². The quantitative estimate of drug-likeness (QED) is 0.267. The zero-order valence-corrected chi connectivity index (χ0v) is 12.9. The Labute approximate surface area is 122 Å². The van der Waals surface area contributed by atoms with E-state index in [0.717, 1.165) is 25.7 Å². The molecule has 0 aliphatic carbocycles. The van der Waals surface area contributed by atoms with Gasteiger partial charge in [0.15, 0.2) is 5.41 Å². The Morgan fingerprint density at radius 2 is 1.55 bits per heavy atom. The summed E-state index contributed by atoms with van der Waals surface area (Å²) in [5, 5.41) is 0. The van der Waals surface area contributed by atoms with Gasteiger partial charge in [0.1, 0.15) is 0 Å². The number of hydrogen-bond donors (Lipinski definition) is 0. The first kappa shape index (κ1) is 18.5. The normalized spacial score (nSPS) is 10.7. The molecule has 0 rings (SSSR count). The van der Waals surface area contributed by atoms with E-state index in [2.05, 4.69) is 12.8 Å². The Morgan fingerprint density at radius 1 is 1.00 bits per heavy atom. The molecule has 4 heteroatoms. The molecule has 0 amide bonds. The van der Waals surface area contributed by atoms with Crippen molar-refractivity contribution >= 4 is 11.9 Å². The largest absolute Gasteiger partial charge is 0.465 e. The molecule has 0 aromatic heterocycles. The van der Waals surface area contributed by atoms with E-state index in [1.54, 1.807) is 13.8 Å². The molecule has 0 heterocycles. The number of rotatable bonds is 10. The molecule has 0 saturated heterocycles. The van der Waals surface area contributed by atoms with Crippen LogP contribution < -0.4 is 0 Å². The summed E-state index contributed by atoms with van der Waals surface area (Å²) in [6.07, 6.45) is 9.62. The summed E-state index contributed by atoms with van der Waals surface area (Å²) < 4.78 is 10.1. The first-order chi connectivity index (χ1) is 9.58. The summed E-state index contributed by atoms with van der Waals surface area (Å²) in [4.78, 5) is 24.4. The maximum atomic E-state index is 12.2. The third-order valence-corrected chi connectivity index (χ3v) is 3.19. The van der Waals surface area contributed by atoms with E-state index in [1.807, 2.05) is 0 Å². The van der Waals surface area contributed by atoms with Crippen molar-refractivity contribution in [1.82, 2.24) is 0 Å². The highest BCUT2D eigenvalue weighted by atomic mass is 16.6. The highest BCUT2D eigenvalue weighted by Crippen LogP contribution is 2.32. The molecular weight excluding hydrogens is 256 g/mol. The van der Waals surface area contributed by atoms with Crippen molar-refractivity contribution in [2.24, 2.45) is 5.41 Å².